The molecule has 0 saturated carbocycles. The van der Waals surface area contributed by atoms with Gasteiger partial charge >= 0.3 is 0 Å². The Bertz CT molecular complexity index is 373. The molecule has 1 aromatic heterocycles. The Balaban J connectivity index is 2.18. The van der Waals surface area contributed by atoms with E-state index < -0.39 is 0 Å². The minimum Gasteiger partial charge on any atom is -0.383 e. The van der Waals surface area contributed by atoms with Crippen LogP contribution in [-0.2, 0) is 0 Å². The molecule has 0 radical (unpaired) electrons. The molecule has 1 aliphatic heterocycles. The SMILES string of the molecule is CCC1SCCSC1C(N)c1cccnc1N. The zero-order valence-corrected chi connectivity index (χ0v) is 11.6. The van der Waals surface area contributed by atoms with Crippen molar-refractivity contribution in [2.45, 2.75) is 29.9 Å². The van der Waals surface area contributed by atoms with Gasteiger partial charge in [-0.1, -0.05) is 13.0 Å². The van der Waals surface area contributed by atoms with Gasteiger partial charge in [0.2, 0.25) is 0 Å². The summed E-state index contributed by atoms with van der Waals surface area (Å²) < 4.78 is 0. The molecule has 1 aliphatic rings. The molecule has 0 bridgehead atoms. The van der Waals surface area contributed by atoms with Crippen molar-refractivity contribution >= 4 is 29.3 Å². The lowest BCUT2D eigenvalue weighted by molar-refractivity contribution is 0.630. The normalized spacial score (nSPS) is 26.7. The van der Waals surface area contributed by atoms with E-state index in [0.717, 1.165) is 12.0 Å². The maximum absolute atomic E-state index is 6.38. The summed E-state index contributed by atoms with van der Waals surface area (Å²) in [5.74, 6) is 2.99. The Morgan fingerprint density at radius 1 is 1.47 bits per heavy atom. The van der Waals surface area contributed by atoms with Gasteiger partial charge < -0.3 is 11.5 Å². The van der Waals surface area contributed by atoms with Crippen LogP contribution < -0.4 is 11.5 Å². The summed E-state index contributed by atoms with van der Waals surface area (Å²) in [6, 6.07) is 3.90. The first kappa shape index (κ1) is 13.1. The van der Waals surface area contributed by atoms with E-state index in [2.05, 4.69) is 11.9 Å². The number of aromatic nitrogens is 1. The smallest absolute Gasteiger partial charge is 0.128 e. The second kappa shape index (κ2) is 5.98. The van der Waals surface area contributed by atoms with Crippen molar-refractivity contribution in [1.82, 2.24) is 4.98 Å². The zero-order valence-electron chi connectivity index (χ0n) is 10.0. The number of hydrogen-bond donors (Lipinski definition) is 2. The average Bonchev–Trinajstić information content (AvgIpc) is 2.38. The third-order valence-corrected chi connectivity index (χ3v) is 6.45. The minimum atomic E-state index is -0.00792. The zero-order chi connectivity index (χ0) is 12.3. The molecule has 0 aromatic carbocycles. The number of nitrogens with zero attached hydrogens (tertiary/aromatic N) is 1. The van der Waals surface area contributed by atoms with Gasteiger partial charge in [-0.05, 0) is 12.5 Å². The van der Waals surface area contributed by atoms with Gasteiger partial charge in [0.1, 0.15) is 5.82 Å². The molecule has 5 heteroatoms. The Hall–Kier alpha value is -0.390. The van der Waals surface area contributed by atoms with Gasteiger partial charge in [-0.25, -0.2) is 4.98 Å². The molecule has 3 atom stereocenters. The highest BCUT2D eigenvalue weighted by Crippen LogP contribution is 2.39. The maximum atomic E-state index is 6.38. The quantitative estimate of drug-likeness (QED) is 0.881. The van der Waals surface area contributed by atoms with Crippen LogP contribution in [0.3, 0.4) is 0 Å². The lowest BCUT2D eigenvalue weighted by Crippen LogP contribution is -2.36. The molecule has 0 spiro atoms. The van der Waals surface area contributed by atoms with E-state index in [1.165, 1.54) is 11.5 Å². The fourth-order valence-electron chi connectivity index (χ4n) is 2.16. The largest absolute Gasteiger partial charge is 0.383 e. The lowest BCUT2D eigenvalue weighted by Gasteiger charge is -2.34. The molecule has 0 amide bonds. The van der Waals surface area contributed by atoms with Crippen LogP contribution in [0.15, 0.2) is 18.3 Å². The summed E-state index contributed by atoms with van der Waals surface area (Å²) in [5.41, 5.74) is 13.3. The maximum Gasteiger partial charge on any atom is 0.128 e. The number of thioether (sulfide) groups is 2. The first-order valence-electron chi connectivity index (χ1n) is 5.93. The van der Waals surface area contributed by atoms with Gasteiger partial charge in [0.15, 0.2) is 0 Å². The van der Waals surface area contributed by atoms with E-state index >= 15 is 0 Å². The van der Waals surface area contributed by atoms with E-state index in [-0.39, 0.29) is 6.04 Å². The highest BCUT2D eigenvalue weighted by atomic mass is 32.2. The van der Waals surface area contributed by atoms with Crippen LogP contribution in [0, 0.1) is 0 Å². The second-order valence-electron chi connectivity index (χ2n) is 4.16. The van der Waals surface area contributed by atoms with Crippen molar-refractivity contribution in [2.75, 3.05) is 17.2 Å². The van der Waals surface area contributed by atoms with Crippen LogP contribution in [0.4, 0.5) is 5.82 Å². The highest BCUT2D eigenvalue weighted by molar-refractivity contribution is 8.07. The van der Waals surface area contributed by atoms with Gasteiger partial charge in [0.05, 0.1) is 0 Å². The molecule has 1 fully saturated rings. The highest BCUT2D eigenvalue weighted by Gasteiger charge is 2.31. The lowest BCUT2D eigenvalue weighted by atomic mass is 10.0. The predicted molar refractivity (Wildman–Crippen MR) is 78.4 cm³/mol. The van der Waals surface area contributed by atoms with Crippen LogP contribution in [-0.4, -0.2) is 27.0 Å². The van der Waals surface area contributed by atoms with E-state index in [4.69, 9.17) is 11.5 Å². The fourth-order valence-corrected chi connectivity index (χ4v) is 5.33. The molecular formula is C12H19N3S2. The monoisotopic (exact) mass is 269 g/mol. The van der Waals surface area contributed by atoms with Gasteiger partial charge in [-0.15, -0.1) is 0 Å². The first-order valence-corrected chi connectivity index (χ1v) is 8.03. The van der Waals surface area contributed by atoms with Crippen LogP contribution >= 0.6 is 23.5 Å². The summed E-state index contributed by atoms with van der Waals surface area (Å²) in [7, 11) is 0. The van der Waals surface area contributed by atoms with E-state index in [0.29, 0.717) is 16.3 Å². The number of pyridine rings is 1. The van der Waals surface area contributed by atoms with Crippen molar-refractivity contribution in [1.29, 1.82) is 0 Å². The van der Waals surface area contributed by atoms with E-state index in [1.54, 1.807) is 6.20 Å². The number of rotatable bonds is 3. The summed E-state index contributed by atoms with van der Waals surface area (Å²) in [6.07, 6.45) is 2.88. The molecule has 4 N–H and O–H groups in total. The molecule has 1 aromatic rings. The van der Waals surface area contributed by atoms with E-state index in [9.17, 15) is 0 Å². The Labute approximate surface area is 111 Å². The average molecular weight is 269 g/mol. The van der Waals surface area contributed by atoms with Crippen molar-refractivity contribution in [3.05, 3.63) is 23.9 Å². The topological polar surface area (TPSA) is 64.9 Å². The van der Waals surface area contributed by atoms with E-state index in [1.807, 2.05) is 35.7 Å². The Morgan fingerprint density at radius 2 is 2.24 bits per heavy atom. The summed E-state index contributed by atoms with van der Waals surface area (Å²) in [6.45, 7) is 2.23. The Kier molecular flexibility index (Phi) is 4.59. The molecule has 94 valence electrons. The number of nitrogens with two attached hydrogens (primary N) is 2. The summed E-state index contributed by atoms with van der Waals surface area (Å²) in [5, 5.41) is 1.08. The van der Waals surface area contributed by atoms with Crippen molar-refractivity contribution in [3.63, 3.8) is 0 Å². The molecule has 2 rings (SSSR count). The number of hydrogen-bond acceptors (Lipinski definition) is 5. The van der Waals surface area contributed by atoms with Crippen LogP contribution in [0.2, 0.25) is 0 Å². The number of nitrogen functional groups attached to an aromatic ring is 1. The van der Waals surface area contributed by atoms with Crippen LogP contribution in [0.5, 0.6) is 0 Å². The molecule has 3 nitrogen and oxygen atoms in total. The van der Waals surface area contributed by atoms with Gasteiger partial charge in [-0.3, -0.25) is 0 Å². The summed E-state index contributed by atoms with van der Waals surface area (Å²) >= 11 is 4.02. The third kappa shape index (κ3) is 2.89. The second-order valence-corrected chi connectivity index (χ2v) is 6.79. The van der Waals surface area contributed by atoms with Gasteiger partial charge in [0, 0.05) is 39.8 Å². The molecular weight excluding hydrogens is 250 g/mol. The van der Waals surface area contributed by atoms with Crippen molar-refractivity contribution in [2.24, 2.45) is 5.73 Å². The molecule has 1 saturated heterocycles. The predicted octanol–water partition coefficient (Wildman–Crippen LogP) is 2.29. The van der Waals surface area contributed by atoms with Gasteiger partial charge in [-0.2, -0.15) is 23.5 Å². The van der Waals surface area contributed by atoms with Crippen molar-refractivity contribution < 1.29 is 0 Å². The minimum absolute atomic E-state index is 0.00792. The van der Waals surface area contributed by atoms with Gasteiger partial charge in [0.25, 0.3) is 0 Å². The van der Waals surface area contributed by atoms with Crippen LogP contribution in [0.25, 0.3) is 0 Å². The molecule has 2 heterocycles. The Morgan fingerprint density at radius 3 is 2.94 bits per heavy atom. The van der Waals surface area contributed by atoms with Crippen molar-refractivity contribution in [3.8, 4) is 0 Å². The molecule has 3 unspecified atom stereocenters. The number of anilines is 1. The van der Waals surface area contributed by atoms with Crippen LogP contribution in [0.1, 0.15) is 24.9 Å². The molecule has 17 heavy (non-hydrogen) atoms. The first-order chi connectivity index (χ1) is 8.24. The fraction of sp³-hybridized carbons (Fsp3) is 0.583. The summed E-state index contributed by atoms with van der Waals surface area (Å²) in [4.78, 5) is 4.13. The third-order valence-electron chi connectivity index (χ3n) is 3.08. The molecule has 0 aliphatic carbocycles. The standard InChI is InChI=1S/C12H19N3S2/c1-2-9-11(17-7-6-16-9)10(13)8-4-3-5-15-12(8)14/h3-5,9-11H,2,6-7,13H2,1H3,(H2,14,15).